The molecule has 3 aliphatic rings. The fraction of sp³-hybridized carbons (Fsp3) is 0.438. The van der Waals surface area contributed by atoms with Gasteiger partial charge >= 0.3 is 0 Å². The Hall–Kier alpha value is -2.41. The molecule has 0 unspecified atom stereocenters. The predicted molar refractivity (Wildman–Crippen MR) is 76.3 cm³/mol. The van der Waals surface area contributed by atoms with Crippen LogP contribution in [0.2, 0.25) is 0 Å². The van der Waals surface area contributed by atoms with Gasteiger partial charge in [-0.2, -0.15) is 10.5 Å². The van der Waals surface area contributed by atoms with E-state index < -0.39 is 22.7 Å². The average molecular weight is 294 g/mol. The maximum Gasteiger partial charge on any atom is 0.293 e. The second-order valence-electron chi connectivity index (χ2n) is 5.96. The van der Waals surface area contributed by atoms with Crippen LogP contribution in [0, 0.1) is 40.4 Å². The zero-order chi connectivity index (χ0) is 15.6. The molecule has 22 heavy (non-hydrogen) atoms. The van der Waals surface area contributed by atoms with E-state index in [0.29, 0.717) is 13.2 Å². The minimum Gasteiger partial charge on any atom is -0.386 e. The molecule has 0 radical (unpaired) electrons. The van der Waals surface area contributed by atoms with Crippen LogP contribution in [-0.4, -0.2) is 25.0 Å². The largest absolute Gasteiger partial charge is 0.386 e. The summed E-state index contributed by atoms with van der Waals surface area (Å²) in [5.74, 6) is -1.72. The number of fused-ring (bicyclic) bond motifs is 2. The molecule has 2 aliphatic heterocycles. The number of ether oxygens (including phenoxy) is 2. The molecule has 1 aromatic rings. The lowest BCUT2D eigenvalue weighted by atomic mass is 9.94. The Bertz CT molecular complexity index is 767. The van der Waals surface area contributed by atoms with Crippen molar-refractivity contribution in [2.24, 2.45) is 21.6 Å². The van der Waals surface area contributed by atoms with Gasteiger partial charge in [-0.3, -0.25) is 0 Å². The molecule has 2 N–H and O–H groups in total. The van der Waals surface area contributed by atoms with Crippen LogP contribution in [0.3, 0.4) is 0 Å². The summed E-state index contributed by atoms with van der Waals surface area (Å²) in [5.41, 5.74) is 5.65. The minimum absolute atomic E-state index is 0.129. The number of nitrogens with two attached hydrogens (primary N) is 1. The quantitative estimate of drug-likeness (QED) is 0.837. The molecule has 1 spiro atoms. The SMILES string of the molecule is Cc1ccc([C@@H]2[C@]3(C#N)C(N)=NC4(OCCO4)[C@@]23C#N)cc1. The molecule has 1 saturated carbocycles. The fourth-order valence-corrected chi connectivity index (χ4v) is 3.98. The number of benzene rings is 1. The second-order valence-corrected chi connectivity index (χ2v) is 5.96. The summed E-state index contributed by atoms with van der Waals surface area (Å²) >= 11 is 0. The maximum atomic E-state index is 9.90. The van der Waals surface area contributed by atoms with Crippen molar-refractivity contribution in [2.45, 2.75) is 18.8 Å². The van der Waals surface area contributed by atoms with Crippen molar-refractivity contribution in [1.29, 1.82) is 10.5 Å². The number of nitriles is 2. The minimum atomic E-state index is -1.45. The molecule has 110 valence electrons. The van der Waals surface area contributed by atoms with Gasteiger partial charge in [0.15, 0.2) is 5.41 Å². The highest BCUT2D eigenvalue weighted by molar-refractivity contribution is 6.00. The van der Waals surface area contributed by atoms with Crippen molar-refractivity contribution in [2.75, 3.05) is 13.2 Å². The number of rotatable bonds is 1. The molecule has 0 bridgehead atoms. The van der Waals surface area contributed by atoms with Gasteiger partial charge in [0.2, 0.25) is 0 Å². The zero-order valence-corrected chi connectivity index (χ0v) is 12.0. The Morgan fingerprint density at radius 2 is 1.82 bits per heavy atom. The fourth-order valence-electron chi connectivity index (χ4n) is 3.98. The summed E-state index contributed by atoms with van der Waals surface area (Å²) in [5, 5.41) is 19.7. The maximum absolute atomic E-state index is 9.90. The molecule has 4 rings (SSSR count). The van der Waals surface area contributed by atoms with E-state index in [1.807, 2.05) is 31.2 Å². The van der Waals surface area contributed by atoms with Gasteiger partial charge in [-0.15, -0.1) is 0 Å². The van der Waals surface area contributed by atoms with Crippen molar-refractivity contribution in [3.8, 4) is 12.1 Å². The monoisotopic (exact) mass is 294 g/mol. The van der Waals surface area contributed by atoms with E-state index >= 15 is 0 Å². The van der Waals surface area contributed by atoms with Crippen LogP contribution in [0.4, 0.5) is 0 Å². The van der Waals surface area contributed by atoms with Crippen molar-refractivity contribution in [1.82, 2.24) is 0 Å². The van der Waals surface area contributed by atoms with Crippen LogP contribution in [-0.2, 0) is 9.47 Å². The van der Waals surface area contributed by atoms with E-state index in [2.05, 4.69) is 17.1 Å². The van der Waals surface area contributed by atoms with Crippen LogP contribution in [0.1, 0.15) is 17.0 Å². The van der Waals surface area contributed by atoms with Gasteiger partial charge in [-0.1, -0.05) is 29.8 Å². The smallest absolute Gasteiger partial charge is 0.293 e. The lowest BCUT2D eigenvalue weighted by Crippen LogP contribution is -2.38. The third-order valence-electron chi connectivity index (χ3n) is 5.02. The molecule has 1 saturated heterocycles. The molecule has 1 aliphatic carbocycles. The first kappa shape index (κ1) is 13.3. The predicted octanol–water partition coefficient (Wildman–Crippen LogP) is 1.18. The Morgan fingerprint density at radius 1 is 1.18 bits per heavy atom. The second kappa shape index (κ2) is 3.86. The summed E-state index contributed by atoms with van der Waals surface area (Å²) < 4.78 is 11.3. The van der Waals surface area contributed by atoms with Crippen LogP contribution in [0.25, 0.3) is 0 Å². The van der Waals surface area contributed by atoms with Crippen LogP contribution < -0.4 is 5.73 Å². The van der Waals surface area contributed by atoms with Crippen molar-refractivity contribution in [3.05, 3.63) is 35.4 Å². The van der Waals surface area contributed by atoms with E-state index in [0.717, 1.165) is 11.1 Å². The number of amidine groups is 1. The van der Waals surface area contributed by atoms with E-state index in [9.17, 15) is 10.5 Å². The third kappa shape index (κ3) is 1.13. The standard InChI is InChI=1S/C16H14N4O2/c1-10-2-4-11(5-3-10)12-14(8-17)13(19)20-16(15(12,14)9-18)21-6-7-22-16/h2-5,12H,6-7H2,1H3,(H2,19,20)/t12-,14-,15+/m1/s1. The first-order chi connectivity index (χ1) is 10.6. The highest BCUT2D eigenvalue weighted by atomic mass is 16.8. The first-order valence-corrected chi connectivity index (χ1v) is 7.11. The molecule has 2 heterocycles. The number of hydrogen-bond acceptors (Lipinski definition) is 6. The Labute approximate surface area is 127 Å². The molecule has 2 fully saturated rings. The van der Waals surface area contributed by atoms with Gasteiger partial charge in [0.05, 0.1) is 25.4 Å². The molecule has 6 heteroatoms. The molecule has 0 amide bonds. The van der Waals surface area contributed by atoms with Gasteiger partial charge in [-0.05, 0) is 12.5 Å². The van der Waals surface area contributed by atoms with Gasteiger partial charge < -0.3 is 15.2 Å². The van der Waals surface area contributed by atoms with Crippen molar-refractivity contribution in [3.63, 3.8) is 0 Å². The summed E-state index contributed by atoms with van der Waals surface area (Å²) in [6, 6.07) is 12.3. The highest BCUT2D eigenvalue weighted by Gasteiger charge is 2.94. The number of nitrogens with zero attached hydrogens (tertiary/aromatic N) is 3. The van der Waals surface area contributed by atoms with Crippen molar-refractivity contribution >= 4 is 5.84 Å². The van der Waals surface area contributed by atoms with E-state index in [4.69, 9.17) is 15.2 Å². The van der Waals surface area contributed by atoms with Gasteiger partial charge in [-0.25, -0.2) is 4.99 Å². The Balaban J connectivity index is 1.92. The lowest BCUT2D eigenvalue weighted by Gasteiger charge is -2.25. The van der Waals surface area contributed by atoms with Gasteiger partial charge in [0.1, 0.15) is 11.3 Å². The van der Waals surface area contributed by atoms with Gasteiger partial charge in [0.25, 0.3) is 5.91 Å². The van der Waals surface area contributed by atoms with E-state index in [1.165, 1.54) is 0 Å². The number of hydrogen-bond donors (Lipinski definition) is 1. The molecule has 6 nitrogen and oxygen atoms in total. The third-order valence-corrected chi connectivity index (χ3v) is 5.02. The lowest BCUT2D eigenvalue weighted by molar-refractivity contribution is -0.184. The number of aryl methyl sites for hydroxylation is 1. The Kier molecular flexibility index (Phi) is 2.33. The van der Waals surface area contributed by atoms with Crippen LogP contribution >= 0.6 is 0 Å². The van der Waals surface area contributed by atoms with E-state index in [1.54, 1.807) is 0 Å². The topological polar surface area (TPSA) is 104 Å². The van der Waals surface area contributed by atoms with Crippen molar-refractivity contribution < 1.29 is 9.47 Å². The summed E-state index contributed by atoms with van der Waals surface area (Å²) in [7, 11) is 0. The zero-order valence-electron chi connectivity index (χ0n) is 12.0. The first-order valence-electron chi connectivity index (χ1n) is 7.11. The normalized spacial score (nSPS) is 37.2. The molecule has 0 aromatic heterocycles. The highest BCUT2D eigenvalue weighted by Crippen LogP contribution is 2.82. The number of aliphatic imine (C=N–C) groups is 1. The molecule has 1 aromatic carbocycles. The summed E-state index contributed by atoms with van der Waals surface area (Å²) in [6.07, 6.45) is 0. The Morgan fingerprint density at radius 3 is 2.36 bits per heavy atom. The van der Waals surface area contributed by atoms with E-state index in [-0.39, 0.29) is 5.84 Å². The summed E-state index contributed by atoms with van der Waals surface area (Å²) in [6.45, 7) is 2.66. The molecular formula is C16H14N4O2. The summed E-state index contributed by atoms with van der Waals surface area (Å²) in [4.78, 5) is 4.23. The molecule has 3 atom stereocenters. The van der Waals surface area contributed by atoms with Gasteiger partial charge in [0, 0.05) is 5.92 Å². The molecular weight excluding hydrogens is 280 g/mol. The van der Waals surface area contributed by atoms with Crippen LogP contribution in [0.5, 0.6) is 0 Å². The average Bonchev–Trinajstić information content (AvgIpc) is 2.77. The van der Waals surface area contributed by atoms with Crippen LogP contribution in [0.15, 0.2) is 29.3 Å².